The molecule has 0 bridgehead atoms. The van der Waals surface area contributed by atoms with Crippen LogP contribution in [0.15, 0.2) is 52.4 Å². The first-order valence-electron chi connectivity index (χ1n) is 10.1. The second-order valence-electron chi connectivity index (χ2n) is 7.13. The quantitative estimate of drug-likeness (QED) is 0.316. The van der Waals surface area contributed by atoms with Crippen molar-refractivity contribution in [2.75, 3.05) is 24.3 Å². The maximum Gasteiger partial charge on any atom is 0.262 e. The summed E-state index contributed by atoms with van der Waals surface area (Å²) in [5.41, 5.74) is 3.52. The lowest BCUT2D eigenvalue weighted by Crippen LogP contribution is -2.25. The Morgan fingerprint density at radius 3 is 2.63 bits per heavy atom. The highest BCUT2D eigenvalue weighted by Gasteiger charge is 2.13. The van der Waals surface area contributed by atoms with Gasteiger partial charge < -0.3 is 10.1 Å². The number of carbonyl (C=O) groups is 1. The third kappa shape index (κ3) is 5.70. The van der Waals surface area contributed by atoms with E-state index in [4.69, 9.17) is 4.74 Å². The lowest BCUT2D eigenvalue weighted by Gasteiger charge is -2.13. The van der Waals surface area contributed by atoms with E-state index in [1.165, 1.54) is 11.8 Å². The molecule has 0 saturated carbocycles. The normalized spacial score (nSPS) is 11.0. The fraction of sp³-hybridized carbons (Fsp3) is 0.348. The largest absolute Gasteiger partial charge is 0.382 e. The predicted octanol–water partition coefficient (Wildman–Crippen LogP) is 4.17. The molecule has 6 nitrogen and oxygen atoms in total. The average Bonchev–Trinajstić information content (AvgIpc) is 2.70. The van der Waals surface area contributed by atoms with Crippen LogP contribution in [0.1, 0.15) is 24.5 Å². The number of anilines is 1. The molecule has 1 heterocycles. The Kier molecular flexibility index (Phi) is 7.65. The maximum atomic E-state index is 13.0. The van der Waals surface area contributed by atoms with Gasteiger partial charge in [0.1, 0.15) is 0 Å². The van der Waals surface area contributed by atoms with E-state index in [1.54, 1.807) is 10.6 Å². The molecule has 0 fully saturated rings. The molecule has 1 N–H and O–H groups in total. The molecule has 0 unspecified atom stereocenters. The zero-order valence-corrected chi connectivity index (χ0v) is 18.4. The van der Waals surface area contributed by atoms with Gasteiger partial charge in [0.05, 0.1) is 16.7 Å². The summed E-state index contributed by atoms with van der Waals surface area (Å²) < 4.78 is 7.05. The minimum atomic E-state index is -0.131. The number of para-hydroxylation sites is 1. The van der Waals surface area contributed by atoms with E-state index in [9.17, 15) is 9.59 Å². The van der Waals surface area contributed by atoms with Crippen molar-refractivity contribution in [2.45, 2.75) is 38.9 Å². The van der Waals surface area contributed by atoms with E-state index >= 15 is 0 Å². The van der Waals surface area contributed by atoms with Crippen LogP contribution in [0.25, 0.3) is 10.9 Å². The van der Waals surface area contributed by atoms with Crippen molar-refractivity contribution in [1.82, 2.24) is 9.55 Å². The van der Waals surface area contributed by atoms with Crippen molar-refractivity contribution < 1.29 is 9.53 Å². The highest BCUT2D eigenvalue weighted by atomic mass is 32.2. The Morgan fingerprint density at radius 2 is 1.90 bits per heavy atom. The van der Waals surface area contributed by atoms with Crippen molar-refractivity contribution in [3.63, 3.8) is 0 Å². The molecule has 0 aliphatic carbocycles. The number of aryl methyl sites for hydroxylation is 2. The molecule has 3 rings (SSSR count). The molecule has 158 valence electrons. The summed E-state index contributed by atoms with van der Waals surface area (Å²) in [6, 6.07) is 13.2. The number of ether oxygens (including phenoxy) is 1. The van der Waals surface area contributed by atoms with E-state index in [0.717, 1.165) is 16.8 Å². The minimum Gasteiger partial charge on any atom is -0.382 e. The van der Waals surface area contributed by atoms with E-state index in [-0.39, 0.29) is 17.2 Å². The van der Waals surface area contributed by atoms with Gasteiger partial charge in [0.2, 0.25) is 5.91 Å². The van der Waals surface area contributed by atoms with Crippen LogP contribution in [0.3, 0.4) is 0 Å². The number of thioether (sulfide) groups is 1. The van der Waals surface area contributed by atoms with E-state index in [0.29, 0.717) is 42.2 Å². The number of hydrogen-bond donors (Lipinski definition) is 1. The summed E-state index contributed by atoms with van der Waals surface area (Å²) in [7, 11) is 0. The van der Waals surface area contributed by atoms with Gasteiger partial charge in [0.25, 0.3) is 5.56 Å². The van der Waals surface area contributed by atoms with Crippen LogP contribution in [0.4, 0.5) is 5.69 Å². The Morgan fingerprint density at radius 1 is 1.17 bits per heavy atom. The predicted molar refractivity (Wildman–Crippen MR) is 122 cm³/mol. The van der Waals surface area contributed by atoms with Gasteiger partial charge in [-0.15, -0.1) is 0 Å². The lowest BCUT2D eigenvalue weighted by molar-refractivity contribution is -0.113. The first kappa shape index (κ1) is 22.1. The molecule has 1 amide bonds. The van der Waals surface area contributed by atoms with Gasteiger partial charge in [-0.1, -0.05) is 30.0 Å². The minimum absolute atomic E-state index is 0.0886. The zero-order chi connectivity index (χ0) is 21.5. The fourth-order valence-electron chi connectivity index (χ4n) is 3.30. The molecule has 2 aromatic carbocycles. The van der Waals surface area contributed by atoms with Crippen molar-refractivity contribution in [3.8, 4) is 0 Å². The molecule has 0 radical (unpaired) electrons. The summed E-state index contributed by atoms with van der Waals surface area (Å²) in [6.07, 6.45) is 0.704. The van der Waals surface area contributed by atoms with Crippen LogP contribution in [0, 0.1) is 13.8 Å². The first-order chi connectivity index (χ1) is 14.5. The Balaban J connectivity index is 1.77. The maximum absolute atomic E-state index is 13.0. The molecule has 0 aliphatic rings. The summed E-state index contributed by atoms with van der Waals surface area (Å²) in [4.78, 5) is 30.1. The molecule has 30 heavy (non-hydrogen) atoms. The third-order valence-corrected chi connectivity index (χ3v) is 5.52. The Hall–Kier alpha value is -2.64. The molecule has 0 aliphatic heterocycles. The van der Waals surface area contributed by atoms with Crippen LogP contribution >= 0.6 is 11.8 Å². The van der Waals surface area contributed by atoms with Crippen LogP contribution < -0.4 is 10.9 Å². The summed E-state index contributed by atoms with van der Waals surface area (Å²) >= 11 is 1.27. The molecule has 3 aromatic rings. The van der Waals surface area contributed by atoms with Crippen LogP contribution in [-0.2, 0) is 16.1 Å². The van der Waals surface area contributed by atoms with Crippen LogP contribution in [0.2, 0.25) is 0 Å². The topological polar surface area (TPSA) is 73.2 Å². The van der Waals surface area contributed by atoms with Crippen molar-refractivity contribution >= 4 is 34.3 Å². The molecular formula is C23H27N3O3S. The SMILES string of the molecule is CCOCCCn1c(SCC(=O)Nc2cc(C)cc(C)c2)nc2ccccc2c1=O. The number of hydrogen-bond acceptors (Lipinski definition) is 5. The van der Waals surface area contributed by atoms with Crippen molar-refractivity contribution in [2.24, 2.45) is 0 Å². The number of rotatable bonds is 9. The fourth-order valence-corrected chi connectivity index (χ4v) is 4.12. The summed E-state index contributed by atoms with van der Waals surface area (Å²) in [6.45, 7) is 7.66. The molecule has 1 aromatic heterocycles. The number of nitrogens with zero attached hydrogens (tertiary/aromatic N) is 2. The molecule has 0 atom stereocenters. The van der Waals surface area contributed by atoms with Gasteiger partial charge in [-0.05, 0) is 62.6 Å². The van der Waals surface area contributed by atoms with Gasteiger partial charge in [-0.2, -0.15) is 0 Å². The average molecular weight is 426 g/mol. The van der Waals surface area contributed by atoms with Gasteiger partial charge in [0, 0.05) is 25.4 Å². The molecule has 7 heteroatoms. The number of carbonyl (C=O) groups excluding carboxylic acids is 1. The van der Waals surface area contributed by atoms with E-state index in [2.05, 4.69) is 16.4 Å². The second-order valence-corrected chi connectivity index (χ2v) is 8.07. The summed E-state index contributed by atoms with van der Waals surface area (Å²) in [5.74, 6) is 0.0386. The van der Waals surface area contributed by atoms with Crippen molar-refractivity contribution in [3.05, 3.63) is 63.9 Å². The summed E-state index contributed by atoms with van der Waals surface area (Å²) in [5, 5.41) is 4.06. The Bertz CT molecular complexity index is 1070. The van der Waals surface area contributed by atoms with Gasteiger partial charge >= 0.3 is 0 Å². The highest BCUT2D eigenvalue weighted by Crippen LogP contribution is 2.19. The van der Waals surface area contributed by atoms with Crippen LogP contribution in [-0.4, -0.2) is 34.4 Å². The molecule has 0 saturated heterocycles. The monoisotopic (exact) mass is 425 g/mol. The number of aromatic nitrogens is 2. The standard InChI is InChI=1S/C23H27N3O3S/c1-4-29-11-7-10-26-22(28)19-8-5-6-9-20(19)25-23(26)30-15-21(27)24-18-13-16(2)12-17(3)14-18/h5-6,8-9,12-14H,4,7,10-11,15H2,1-3H3,(H,24,27). The van der Waals surface area contributed by atoms with E-state index < -0.39 is 0 Å². The van der Waals surface area contributed by atoms with E-state index in [1.807, 2.05) is 51.1 Å². The second kappa shape index (κ2) is 10.4. The molecular weight excluding hydrogens is 398 g/mol. The number of benzene rings is 2. The van der Waals surface area contributed by atoms with Crippen molar-refractivity contribution in [1.29, 1.82) is 0 Å². The number of amides is 1. The number of nitrogens with one attached hydrogen (secondary N) is 1. The third-order valence-electron chi connectivity index (χ3n) is 4.54. The van der Waals surface area contributed by atoms with Gasteiger partial charge in [-0.3, -0.25) is 14.2 Å². The van der Waals surface area contributed by atoms with Crippen LogP contribution in [0.5, 0.6) is 0 Å². The highest BCUT2D eigenvalue weighted by molar-refractivity contribution is 7.99. The molecule has 0 spiro atoms. The smallest absolute Gasteiger partial charge is 0.262 e. The zero-order valence-electron chi connectivity index (χ0n) is 17.6. The first-order valence-corrected chi connectivity index (χ1v) is 11.0. The number of fused-ring (bicyclic) bond motifs is 1. The van der Waals surface area contributed by atoms with Gasteiger partial charge in [0.15, 0.2) is 5.16 Å². The van der Waals surface area contributed by atoms with Gasteiger partial charge in [-0.25, -0.2) is 4.98 Å². The lowest BCUT2D eigenvalue weighted by atomic mass is 10.1. The Labute approximate surface area is 180 Å².